The van der Waals surface area contributed by atoms with Gasteiger partial charge in [-0.2, -0.15) is 4.39 Å². The summed E-state index contributed by atoms with van der Waals surface area (Å²) in [6.45, 7) is 5.34. The maximum absolute atomic E-state index is 14.6. The summed E-state index contributed by atoms with van der Waals surface area (Å²) in [5.41, 5.74) is 0.870. The standard InChI is InChI=1S/C25H26F4O/c1-3-4-15-30-21-14-13-20(24(28)25(21)29)18-10-6-17(7-11-18)8-12-19-9-5-16(2)22(26)23(19)27/h3,5,8-9,12-14,17-18H,1,4,6-7,10-11,15H2,2H3/b12-8+. The molecule has 2 aromatic carbocycles. The highest BCUT2D eigenvalue weighted by molar-refractivity contribution is 5.51. The third-order valence-corrected chi connectivity index (χ3v) is 5.72. The van der Waals surface area contributed by atoms with Gasteiger partial charge in [0.25, 0.3) is 0 Å². The Morgan fingerprint density at radius 3 is 2.37 bits per heavy atom. The largest absolute Gasteiger partial charge is 0.490 e. The second-order valence-corrected chi connectivity index (χ2v) is 7.78. The maximum Gasteiger partial charge on any atom is 0.200 e. The van der Waals surface area contributed by atoms with Gasteiger partial charge in [0.05, 0.1) is 6.61 Å². The van der Waals surface area contributed by atoms with Crippen molar-refractivity contribution < 1.29 is 22.3 Å². The Morgan fingerprint density at radius 2 is 1.67 bits per heavy atom. The number of halogens is 4. The molecule has 0 unspecified atom stereocenters. The third-order valence-electron chi connectivity index (χ3n) is 5.72. The van der Waals surface area contributed by atoms with Gasteiger partial charge < -0.3 is 4.74 Å². The van der Waals surface area contributed by atoms with Crippen molar-refractivity contribution in [3.63, 3.8) is 0 Å². The molecule has 30 heavy (non-hydrogen) atoms. The second kappa shape index (κ2) is 9.96. The third kappa shape index (κ3) is 4.94. The van der Waals surface area contributed by atoms with Crippen molar-refractivity contribution in [2.45, 2.75) is 44.9 Å². The fraction of sp³-hybridized carbons (Fsp3) is 0.360. The first-order chi connectivity index (χ1) is 14.4. The van der Waals surface area contributed by atoms with E-state index in [2.05, 4.69) is 6.58 Å². The number of ether oxygens (including phenoxy) is 1. The molecule has 0 bridgehead atoms. The topological polar surface area (TPSA) is 9.23 Å². The van der Waals surface area contributed by atoms with E-state index in [0.29, 0.717) is 24.8 Å². The summed E-state index contributed by atoms with van der Waals surface area (Å²) in [6.07, 6.45) is 8.65. The molecule has 5 heteroatoms. The van der Waals surface area contributed by atoms with Crippen LogP contribution in [0, 0.1) is 36.1 Å². The van der Waals surface area contributed by atoms with Crippen molar-refractivity contribution in [1.82, 2.24) is 0 Å². The summed E-state index contributed by atoms with van der Waals surface area (Å²) in [5, 5.41) is 0. The van der Waals surface area contributed by atoms with E-state index in [-0.39, 0.29) is 35.3 Å². The van der Waals surface area contributed by atoms with Crippen LogP contribution in [-0.4, -0.2) is 6.61 Å². The molecule has 0 aromatic heterocycles. The Hall–Kier alpha value is -2.56. The second-order valence-electron chi connectivity index (χ2n) is 7.78. The van der Waals surface area contributed by atoms with Crippen LogP contribution >= 0.6 is 0 Å². The van der Waals surface area contributed by atoms with Crippen LogP contribution in [0.2, 0.25) is 0 Å². The van der Waals surface area contributed by atoms with Crippen LogP contribution < -0.4 is 4.74 Å². The predicted octanol–water partition coefficient (Wildman–Crippen LogP) is 7.49. The molecule has 160 valence electrons. The lowest BCUT2D eigenvalue weighted by Crippen LogP contribution is -2.14. The average Bonchev–Trinajstić information content (AvgIpc) is 2.75. The Bertz CT molecular complexity index is 927. The van der Waals surface area contributed by atoms with Crippen LogP contribution in [0.25, 0.3) is 6.08 Å². The highest BCUT2D eigenvalue weighted by atomic mass is 19.2. The van der Waals surface area contributed by atoms with Crippen LogP contribution in [0.3, 0.4) is 0 Å². The lowest BCUT2D eigenvalue weighted by atomic mass is 9.78. The minimum Gasteiger partial charge on any atom is -0.490 e. The molecule has 1 fully saturated rings. The van der Waals surface area contributed by atoms with Crippen molar-refractivity contribution in [1.29, 1.82) is 0 Å². The molecule has 1 aliphatic carbocycles. The fourth-order valence-corrected chi connectivity index (χ4v) is 3.88. The normalized spacial score (nSPS) is 19.2. The van der Waals surface area contributed by atoms with Crippen LogP contribution in [0.15, 0.2) is 43.0 Å². The molecule has 0 atom stereocenters. The summed E-state index contributed by atoms with van der Waals surface area (Å²) in [7, 11) is 0. The van der Waals surface area contributed by atoms with E-state index < -0.39 is 23.3 Å². The van der Waals surface area contributed by atoms with Crippen molar-refractivity contribution >= 4 is 6.08 Å². The lowest BCUT2D eigenvalue weighted by Gasteiger charge is -2.27. The predicted molar refractivity (Wildman–Crippen MR) is 111 cm³/mol. The van der Waals surface area contributed by atoms with Gasteiger partial charge in [0.15, 0.2) is 23.2 Å². The van der Waals surface area contributed by atoms with E-state index in [4.69, 9.17) is 4.74 Å². The molecule has 2 aromatic rings. The first-order valence-corrected chi connectivity index (χ1v) is 10.3. The summed E-state index contributed by atoms with van der Waals surface area (Å²) < 4.78 is 61.8. The van der Waals surface area contributed by atoms with E-state index in [0.717, 1.165) is 12.8 Å². The van der Waals surface area contributed by atoms with E-state index in [9.17, 15) is 17.6 Å². The van der Waals surface area contributed by atoms with E-state index in [1.54, 1.807) is 30.4 Å². The molecule has 0 heterocycles. The van der Waals surface area contributed by atoms with Gasteiger partial charge in [0.2, 0.25) is 5.82 Å². The zero-order valence-electron chi connectivity index (χ0n) is 17.1. The molecular weight excluding hydrogens is 392 g/mol. The summed E-state index contributed by atoms with van der Waals surface area (Å²) in [4.78, 5) is 0. The summed E-state index contributed by atoms with van der Waals surface area (Å²) in [6, 6.07) is 6.20. The quantitative estimate of drug-likeness (QED) is 0.257. The maximum atomic E-state index is 14.6. The number of aryl methyl sites for hydroxylation is 1. The number of benzene rings is 2. The number of hydrogen-bond donors (Lipinski definition) is 0. The SMILES string of the molecule is C=CCCOc1ccc(C2CCC(/C=C/c3ccc(C)c(F)c3F)CC2)c(F)c1F. The average molecular weight is 418 g/mol. The highest BCUT2D eigenvalue weighted by Crippen LogP contribution is 2.39. The van der Waals surface area contributed by atoms with Gasteiger partial charge in [-0.25, -0.2) is 13.2 Å². The van der Waals surface area contributed by atoms with Crippen LogP contribution in [0.4, 0.5) is 17.6 Å². The molecule has 3 rings (SSSR count). The molecule has 1 aliphatic rings. The summed E-state index contributed by atoms with van der Waals surface area (Å²) >= 11 is 0. The fourth-order valence-electron chi connectivity index (χ4n) is 3.88. The van der Waals surface area contributed by atoms with Gasteiger partial charge >= 0.3 is 0 Å². The first kappa shape index (κ1) is 22.1. The van der Waals surface area contributed by atoms with Gasteiger partial charge in [0.1, 0.15) is 0 Å². The number of hydrogen-bond acceptors (Lipinski definition) is 1. The highest BCUT2D eigenvalue weighted by Gasteiger charge is 2.26. The van der Waals surface area contributed by atoms with Gasteiger partial charge in [-0.05, 0) is 68.1 Å². The molecule has 0 spiro atoms. The van der Waals surface area contributed by atoms with Crippen molar-refractivity contribution in [3.05, 3.63) is 83.0 Å². The lowest BCUT2D eigenvalue weighted by molar-refractivity contribution is 0.298. The van der Waals surface area contributed by atoms with Gasteiger partial charge in [-0.15, -0.1) is 6.58 Å². The van der Waals surface area contributed by atoms with Crippen molar-refractivity contribution in [2.24, 2.45) is 5.92 Å². The molecule has 0 N–H and O–H groups in total. The molecule has 0 radical (unpaired) electrons. The Labute approximate surface area is 175 Å². The Balaban J connectivity index is 1.62. The van der Waals surface area contributed by atoms with Crippen LogP contribution in [0.1, 0.15) is 54.7 Å². The van der Waals surface area contributed by atoms with Gasteiger partial charge in [0, 0.05) is 5.56 Å². The van der Waals surface area contributed by atoms with Crippen LogP contribution in [0.5, 0.6) is 5.75 Å². The van der Waals surface area contributed by atoms with E-state index in [1.807, 2.05) is 6.08 Å². The monoisotopic (exact) mass is 418 g/mol. The molecular formula is C25H26F4O. The molecule has 0 amide bonds. The zero-order valence-corrected chi connectivity index (χ0v) is 17.1. The van der Waals surface area contributed by atoms with Gasteiger partial charge in [-0.3, -0.25) is 0 Å². The summed E-state index contributed by atoms with van der Waals surface area (Å²) in [5.74, 6) is -3.41. The van der Waals surface area contributed by atoms with E-state index in [1.165, 1.54) is 13.0 Å². The minimum atomic E-state index is -0.949. The van der Waals surface area contributed by atoms with Crippen LogP contribution in [-0.2, 0) is 0 Å². The molecule has 1 saturated carbocycles. The molecule has 0 saturated heterocycles. The zero-order chi connectivity index (χ0) is 21.7. The van der Waals surface area contributed by atoms with Gasteiger partial charge in [-0.1, -0.05) is 36.4 Å². The molecule has 1 nitrogen and oxygen atoms in total. The van der Waals surface area contributed by atoms with Crippen molar-refractivity contribution in [2.75, 3.05) is 6.61 Å². The molecule has 0 aliphatic heterocycles. The minimum absolute atomic E-state index is 0.0695. The Kier molecular flexibility index (Phi) is 7.35. The first-order valence-electron chi connectivity index (χ1n) is 10.3. The van der Waals surface area contributed by atoms with E-state index >= 15 is 0 Å². The number of allylic oxidation sites excluding steroid dienone is 1. The smallest absolute Gasteiger partial charge is 0.200 e. The van der Waals surface area contributed by atoms with Crippen molar-refractivity contribution in [3.8, 4) is 5.75 Å². The number of rotatable bonds is 7. The Morgan fingerprint density at radius 1 is 0.933 bits per heavy atom.